The van der Waals surface area contributed by atoms with Crippen molar-refractivity contribution in [2.24, 2.45) is 0 Å². The molecule has 0 aliphatic rings. The normalized spacial score (nSPS) is 10.8. The lowest BCUT2D eigenvalue weighted by Crippen LogP contribution is -2.41. The summed E-state index contributed by atoms with van der Waals surface area (Å²) in [7, 11) is 0. The summed E-state index contributed by atoms with van der Waals surface area (Å²) in [5.74, 6) is 0.248. The summed E-state index contributed by atoms with van der Waals surface area (Å²) in [5.41, 5.74) is 5.95. The number of nitrogens with one attached hydrogen (secondary N) is 2. The zero-order valence-electron chi connectivity index (χ0n) is 22.1. The number of hydrogen-bond donors (Lipinski definition) is 2. The highest BCUT2D eigenvalue weighted by Gasteiger charge is 2.23. The number of aryl methyl sites for hydroxylation is 3. The topological polar surface area (TPSA) is 79.3 Å². The highest BCUT2D eigenvalue weighted by molar-refractivity contribution is 6.31. The van der Waals surface area contributed by atoms with Gasteiger partial charge in [-0.1, -0.05) is 73.1 Å². The number of nitrogens with zero attached hydrogens (tertiary/aromatic N) is 3. The number of amides is 3. The van der Waals surface area contributed by atoms with Gasteiger partial charge in [0, 0.05) is 22.8 Å². The molecule has 0 atom stereocenters. The van der Waals surface area contributed by atoms with Gasteiger partial charge in [0.2, 0.25) is 5.91 Å². The monoisotopic (exact) mass is 529 g/mol. The molecule has 4 aromatic rings. The first-order valence-electron chi connectivity index (χ1n) is 12.6. The van der Waals surface area contributed by atoms with Crippen LogP contribution in [0.1, 0.15) is 30.2 Å². The first-order valence-corrected chi connectivity index (χ1v) is 13.0. The molecule has 0 radical (unpaired) electrons. The number of rotatable bonds is 8. The fourth-order valence-corrected chi connectivity index (χ4v) is 4.49. The van der Waals surface area contributed by atoms with Crippen molar-refractivity contribution in [1.82, 2.24) is 14.7 Å². The van der Waals surface area contributed by atoms with Crippen LogP contribution < -0.4 is 10.6 Å². The molecular weight excluding hydrogens is 498 g/mol. The van der Waals surface area contributed by atoms with Gasteiger partial charge in [-0.15, -0.1) is 0 Å². The molecule has 0 aliphatic heterocycles. The number of halogens is 1. The molecule has 0 saturated heterocycles. The number of urea groups is 1. The molecule has 1 aromatic heterocycles. The molecule has 0 bridgehead atoms. The summed E-state index contributed by atoms with van der Waals surface area (Å²) in [4.78, 5) is 28.0. The number of anilines is 2. The summed E-state index contributed by atoms with van der Waals surface area (Å²) in [6, 6.07) is 22.7. The van der Waals surface area contributed by atoms with Crippen molar-refractivity contribution in [3.05, 3.63) is 94.6 Å². The number of hydrogen-bond acceptors (Lipinski definition) is 3. The number of para-hydroxylation sites is 1. The molecule has 0 fully saturated rings. The molecule has 3 aromatic carbocycles. The van der Waals surface area contributed by atoms with Crippen LogP contribution in [0.15, 0.2) is 72.8 Å². The Kier molecular flexibility index (Phi) is 8.48. The fourth-order valence-electron chi connectivity index (χ4n) is 4.31. The van der Waals surface area contributed by atoms with E-state index in [4.69, 9.17) is 16.7 Å². The van der Waals surface area contributed by atoms with E-state index >= 15 is 0 Å². The molecule has 0 unspecified atom stereocenters. The molecule has 2 N–H and O–H groups in total. The second kappa shape index (κ2) is 12.0. The SMILES string of the molecule is CCCN(CC(=O)Nc1c(-c2ccccc2)c(C)nn1-c1ccccc1C)C(=O)Nc1ccc(C)c(Cl)c1. The van der Waals surface area contributed by atoms with Crippen molar-refractivity contribution < 1.29 is 9.59 Å². The summed E-state index contributed by atoms with van der Waals surface area (Å²) < 4.78 is 1.77. The molecule has 8 heteroatoms. The van der Waals surface area contributed by atoms with Crippen LogP contribution in [0.2, 0.25) is 5.02 Å². The van der Waals surface area contributed by atoms with Crippen LogP contribution in [0.3, 0.4) is 0 Å². The molecule has 0 saturated carbocycles. The third-order valence-corrected chi connectivity index (χ3v) is 6.67. The minimum Gasteiger partial charge on any atom is -0.315 e. The van der Waals surface area contributed by atoms with Gasteiger partial charge in [-0.25, -0.2) is 9.48 Å². The van der Waals surface area contributed by atoms with Crippen molar-refractivity contribution in [2.45, 2.75) is 34.1 Å². The van der Waals surface area contributed by atoms with Gasteiger partial charge >= 0.3 is 6.03 Å². The molecular formula is C30H32ClN5O2. The van der Waals surface area contributed by atoms with E-state index in [0.717, 1.165) is 33.6 Å². The third kappa shape index (κ3) is 6.06. The van der Waals surface area contributed by atoms with E-state index < -0.39 is 0 Å². The summed E-state index contributed by atoms with van der Waals surface area (Å²) >= 11 is 6.22. The van der Waals surface area contributed by atoms with Gasteiger partial charge in [-0.05, 0) is 62.1 Å². The Hall–Kier alpha value is -4.10. The molecule has 1 heterocycles. The van der Waals surface area contributed by atoms with E-state index in [2.05, 4.69) is 10.6 Å². The Labute approximate surface area is 228 Å². The van der Waals surface area contributed by atoms with Crippen LogP contribution in [0.5, 0.6) is 0 Å². The Balaban J connectivity index is 1.63. The van der Waals surface area contributed by atoms with Gasteiger partial charge in [0.25, 0.3) is 0 Å². The van der Waals surface area contributed by atoms with Crippen molar-refractivity contribution in [3.8, 4) is 16.8 Å². The minimum atomic E-state index is -0.367. The zero-order valence-corrected chi connectivity index (χ0v) is 22.8. The number of aromatic nitrogens is 2. The number of benzene rings is 3. The van der Waals surface area contributed by atoms with Gasteiger partial charge in [-0.3, -0.25) is 4.79 Å². The van der Waals surface area contributed by atoms with Crippen molar-refractivity contribution in [2.75, 3.05) is 23.7 Å². The first kappa shape index (κ1) is 26.9. The lowest BCUT2D eigenvalue weighted by Gasteiger charge is -2.22. The van der Waals surface area contributed by atoms with Gasteiger partial charge in [0.05, 0.1) is 11.4 Å². The summed E-state index contributed by atoms with van der Waals surface area (Å²) in [5, 5.41) is 11.3. The maximum Gasteiger partial charge on any atom is 0.322 e. The van der Waals surface area contributed by atoms with E-state index in [1.54, 1.807) is 16.8 Å². The second-order valence-electron chi connectivity index (χ2n) is 9.24. The largest absolute Gasteiger partial charge is 0.322 e. The van der Waals surface area contributed by atoms with Gasteiger partial charge < -0.3 is 15.5 Å². The summed E-state index contributed by atoms with van der Waals surface area (Å²) in [6.45, 7) is 8.09. The van der Waals surface area contributed by atoms with Crippen molar-refractivity contribution in [3.63, 3.8) is 0 Å². The van der Waals surface area contributed by atoms with E-state index in [-0.39, 0.29) is 18.5 Å². The van der Waals surface area contributed by atoms with Crippen LogP contribution in [-0.4, -0.2) is 39.7 Å². The maximum atomic E-state index is 13.4. The average molecular weight is 530 g/mol. The smallest absolute Gasteiger partial charge is 0.315 e. The molecule has 3 amide bonds. The van der Waals surface area contributed by atoms with Crippen LogP contribution in [0.4, 0.5) is 16.3 Å². The van der Waals surface area contributed by atoms with Crippen LogP contribution in [0, 0.1) is 20.8 Å². The molecule has 7 nitrogen and oxygen atoms in total. The molecule has 196 valence electrons. The van der Waals surface area contributed by atoms with E-state index in [1.165, 1.54) is 4.90 Å². The van der Waals surface area contributed by atoms with Gasteiger partial charge in [-0.2, -0.15) is 5.10 Å². The highest BCUT2D eigenvalue weighted by atomic mass is 35.5. The predicted octanol–water partition coefficient (Wildman–Crippen LogP) is 7.00. The fraction of sp³-hybridized carbons (Fsp3) is 0.233. The van der Waals surface area contributed by atoms with E-state index in [9.17, 15) is 9.59 Å². The Bertz CT molecular complexity index is 1450. The van der Waals surface area contributed by atoms with Crippen LogP contribution in [-0.2, 0) is 4.79 Å². The quantitative estimate of drug-likeness (QED) is 0.258. The lowest BCUT2D eigenvalue weighted by molar-refractivity contribution is -0.116. The average Bonchev–Trinajstić information content (AvgIpc) is 3.21. The minimum absolute atomic E-state index is 0.120. The number of carbonyl (C=O) groups excluding carboxylic acids is 2. The Morgan fingerprint density at radius 2 is 1.63 bits per heavy atom. The Morgan fingerprint density at radius 3 is 2.32 bits per heavy atom. The first-order chi connectivity index (χ1) is 18.3. The Morgan fingerprint density at radius 1 is 0.921 bits per heavy atom. The van der Waals surface area contributed by atoms with Crippen LogP contribution >= 0.6 is 11.6 Å². The molecule has 4 rings (SSSR count). The third-order valence-electron chi connectivity index (χ3n) is 6.26. The number of carbonyl (C=O) groups is 2. The molecule has 0 aliphatic carbocycles. The van der Waals surface area contributed by atoms with Gasteiger partial charge in [0.1, 0.15) is 12.4 Å². The zero-order chi connectivity index (χ0) is 27.2. The van der Waals surface area contributed by atoms with Crippen LogP contribution in [0.25, 0.3) is 16.8 Å². The van der Waals surface area contributed by atoms with Gasteiger partial charge in [0.15, 0.2) is 0 Å². The standard InChI is InChI=1S/C30H32ClN5O2/c1-5-17-35(30(38)32-24-16-15-20(2)25(31)18-24)19-27(37)33-29-28(23-12-7-6-8-13-23)22(4)34-36(29)26-14-10-9-11-21(26)3/h6-16,18H,5,17,19H2,1-4H3,(H,32,38)(H,33,37). The molecule has 38 heavy (non-hydrogen) atoms. The maximum absolute atomic E-state index is 13.4. The van der Waals surface area contributed by atoms with E-state index in [1.807, 2.05) is 88.4 Å². The van der Waals surface area contributed by atoms with E-state index in [0.29, 0.717) is 29.5 Å². The van der Waals surface area contributed by atoms with Crippen molar-refractivity contribution >= 4 is 35.0 Å². The molecule has 0 spiro atoms. The predicted molar refractivity (Wildman–Crippen MR) is 154 cm³/mol. The second-order valence-corrected chi connectivity index (χ2v) is 9.64. The summed E-state index contributed by atoms with van der Waals surface area (Å²) in [6.07, 6.45) is 0.699. The van der Waals surface area contributed by atoms with Crippen molar-refractivity contribution in [1.29, 1.82) is 0 Å². The lowest BCUT2D eigenvalue weighted by atomic mass is 10.1. The highest BCUT2D eigenvalue weighted by Crippen LogP contribution is 2.34.